The Morgan fingerprint density at radius 1 is 1.41 bits per heavy atom. The molecule has 0 fully saturated rings. The Balaban J connectivity index is 2.77. The van der Waals surface area contributed by atoms with Crippen molar-refractivity contribution in [2.45, 2.75) is 25.3 Å². The van der Waals surface area contributed by atoms with Crippen LogP contribution in [0.3, 0.4) is 0 Å². The summed E-state index contributed by atoms with van der Waals surface area (Å²) in [5.74, 6) is 0.581. The van der Waals surface area contributed by atoms with Gasteiger partial charge in [0.1, 0.15) is 0 Å². The van der Waals surface area contributed by atoms with Crippen molar-refractivity contribution in [2.75, 3.05) is 6.54 Å². The zero-order chi connectivity index (χ0) is 13.1. The van der Waals surface area contributed by atoms with Gasteiger partial charge in [0.05, 0.1) is 4.90 Å². The molecule has 0 saturated heterocycles. The Hall–Kier alpha value is -0.430. The minimum Gasteiger partial charge on any atom is -0.312 e. The van der Waals surface area contributed by atoms with Crippen molar-refractivity contribution in [3.05, 3.63) is 28.2 Å². The highest BCUT2D eigenvalue weighted by Gasteiger charge is 2.10. The summed E-state index contributed by atoms with van der Waals surface area (Å²) in [5.41, 5.74) is 1.01. The first-order valence-corrected chi connectivity index (χ1v) is 7.66. The van der Waals surface area contributed by atoms with Crippen LogP contribution in [-0.4, -0.2) is 15.0 Å². The van der Waals surface area contributed by atoms with Gasteiger partial charge in [-0.25, -0.2) is 13.6 Å². The summed E-state index contributed by atoms with van der Waals surface area (Å²) >= 11 is 3.35. The standard InChI is InChI=1S/C11H17BrN2O2S/c1-8(2)6-14-7-9-3-4-10(5-11(9)12)17(13,15)16/h3-5,8,14H,6-7H2,1-2H3,(H2,13,15,16). The molecule has 1 rings (SSSR count). The molecular formula is C11H17BrN2O2S. The highest BCUT2D eigenvalue weighted by molar-refractivity contribution is 9.10. The largest absolute Gasteiger partial charge is 0.312 e. The maximum atomic E-state index is 11.1. The SMILES string of the molecule is CC(C)CNCc1ccc(S(N)(=O)=O)cc1Br. The molecule has 0 aliphatic heterocycles. The molecular weight excluding hydrogens is 304 g/mol. The third-order valence-electron chi connectivity index (χ3n) is 2.22. The average Bonchev–Trinajstić information content (AvgIpc) is 2.18. The molecule has 0 aliphatic carbocycles. The lowest BCUT2D eigenvalue weighted by atomic mass is 10.2. The van der Waals surface area contributed by atoms with Crippen molar-refractivity contribution in [1.29, 1.82) is 0 Å². The van der Waals surface area contributed by atoms with E-state index >= 15 is 0 Å². The maximum Gasteiger partial charge on any atom is 0.238 e. The predicted octanol–water partition coefficient (Wildman–Crippen LogP) is 1.84. The van der Waals surface area contributed by atoms with Crippen molar-refractivity contribution in [1.82, 2.24) is 5.32 Å². The van der Waals surface area contributed by atoms with Gasteiger partial charge in [-0.15, -0.1) is 0 Å². The lowest BCUT2D eigenvalue weighted by Gasteiger charge is -2.09. The molecule has 1 aromatic carbocycles. The molecule has 0 spiro atoms. The second kappa shape index (κ2) is 5.95. The molecule has 0 bridgehead atoms. The van der Waals surface area contributed by atoms with Crippen LogP contribution in [0.25, 0.3) is 0 Å². The fourth-order valence-electron chi connectivity index (χ4n) is 1.34. The predicted molar refractivity (Wildman–Crippen MR) is 72.1 cm³/mol. The van der Waals surface area contributed by atoms with E-state index < -0.39 is 10.0 Å². The maximum absolute atomic E-state index is 11.1. The summed E-state index contributed by atoms with van der Waals surface area (Å²) in [6, 6.07) is 4.81. The Bertz CT molecular complexity index is 486. The van der Waals surface area contributed by atoms with E-state index in [-0.39, 0.29) is 4.90 Å². The molecule has 0 unspecified atom stereocenters. The van der Waals surface area contributed by atoms with E-state index in [1.807, 2.05) is 0 Å². The molecule has 0 heterocycles. The van der Waals surface area contributed by atoms with Crippen LogP contribution in [-0.2, 0) is 16.6 Å². The first-order valence-electron chi connectivity index (χ1n) is 5.32. The van der Waals surface area contributed by atoms with Gasteiger partial charge in [-0.2, -0.15) is 0 Å². The summed E-state index contributed by atoms with van der Waals surface area (Å²) in [6.07, 6.45) is 0. The van der Waals surface area contributed by atoms with Crippen LogP contribution in [0.15, 0.2) is 27.6 Å². The van der Waals surface area contributed by atoms with Crippen LogP contribution < -0.4 is 10.5 Å². The zero-order valence-electron chi connectivity index (χ0n) is 9.90. The molecule has 0 amide bonds. The van der Waals surface area contributed by atoms with Crippen LogP contribution in [0.1, 0.15) is 19.4 Å². The zero-order valence-corrected chi connectivity index (χ0v) is 12.3. The van der Waals surface area contributed by atoms with Gasteiger partial charge < -0.3 is 5.32 Å². The number of primary sulfonamides is 1. The van der Waals surface area contributed by atoms with Crippen molar-refractivity contribution < 1.29 is 8.42 Å². The Kier molecular flexibility index (Phi) is 5.12. The minimum absolute atomic E-state index is 0.122. The van der Waals surface area contributed by atoms with Gasteiger partial charge in [0.25, 0.3) is 0 Å². The van der Waals surface area contributed by atoms with Crippen molar-refractivity contribution in [2.24, 2.45) is 11.1 Å². The third kappa shape index (κ3) is 4.75. The topological polar surface area (TPSA) is 72.2 Å². The average molecular weight is 321 g/mol. The fraction of sp³-hybridized carbons (Fsp3) is 0.455. The van der Waals surface area contributed by atoms with Gasteiger partial charge in [-0.1, -0.05) is 35.8 Å². The van der Waals surface area contributed by atoms with Gasteiger partial charge >= 0.3 is 0 Å². The van der Waals surface area contributed by atoms with E-state index in [1.165, 1.54) is 12.1 Å². The number of hydrogen-bond donors (Lipinski definition) is 2. The fourth-order valence-corrected chi connectivity index (χ4v) is 2.55. The van der Waals surface area contributed by atoms with Crippen LogP contribution in [0.2, 0.25) is 0 Å². The van der Waals surface area contributed by atoms with E-state index in [0.29, 0.717) is 12.5 Å². The van der Waals surface area contributed by atoms with Gasteiger partial charge in [-0.3, -0.25) is 0 Å². The first-order chi connectivity index (χ1) is 7.80. The molecule has 4 nitrogen and oxygen atoms in total. The molecule has 17 heavy (non-hydrogen) atoms. The number of nitrogens with two attached hydrogens (primary N) is 1. The molecule has 0 aliphatic rings. The van der Waals surface area contributed by atoms with Crippen molar-refractivity contribution in [3.8, 4) is 0 Å². The first kappa shape index (κ1) is 14.6. The number of hydrogen-bond acceptors (Lipinski definition) is 3. The van der Waals surface area contributed by atoms with Crippen LogP contribution >= 0.6 is 15.9 Å². The minimum atomic E-state index is -3.63. The number of benzene rings is 1. The second-order valence-corrected chi connectivity index (χ2v) is 6.74. The monoisotopic (exact) mass is 320 g/mol. The Morgan fingerprint density at radius 2 is 2.06 bits per heavy atom. The van der Waals surface area contributed by atoms with Crippen LogP contribution in [0.4, 0.5) is 0 Å². The van der Waals surface area contributed by atoms with E-state index in [2.05, 4.69) is 35.1 Å². The molecule has 0 atom stereocenters. The number of sulfonamides is 1. The molecule has 96 valence electrons. The molecule has 1 aromatic rings. The Morgan fingerprint density at radius 3 is 2.53 bits per heavy atom. The summed E-state index contributed by atoms with van der Waals surface area (Å²) in [6.45, 7) is 5.88. The highest BCUT2D eigenvalue weighted by Crippen LogP contribution is 2.20. The molecule has 3 N–H and O–H groups in total. The van der Waals surface area contributed by atoms with Gasteiger partial charge in [0, 0.05) is 11.0 Å². The van der Waals surface area contributed by atoms with Crippen molar-refractivity contribution >= 4 is 26.0 Å². The lowest BCUT2D eigenvalue weighted by Crippen LogP contribution is -2.19. The van der Waals surface area contributed by atoms with Crippen molar-refractivity contribution in [3.63, 3.8) is 0 Å². The van der Waals surface area contributed by atoms with E-state index in [1.54, 1.807) is 6.07 Å². The second-order valence-electron chi connectivity index (χ2n) is 4.32. The number of nitrogens with one attached hydrogen (secondary N) is 1. The van der Waals surface area contributed by atoms with E-state index in [9.17, 15) is 8.42 Å². The Labute approximate surface area is 111 Å². The summed E-state index contributed by atoms with van der Waals surface area (Å²) in [7, 11) is -3.63. The van der Waals surface area contributed by atoms with E-state index in [0.717, 1.165) is 16.6 Å². The molecule has 0 aromatic heterocycles. The quantitative estimate of drug-likeness (QED) is 0.869. The molecule has 0 saturated carbocycles. The highest BCUT2D eigenvalue weighted by atomic mass is 79.9. The summed E-state index contributed by atoms with van der Waals surface area (Å²) < 4.78 is 23.0. The summed E-state index contributed by atoms with van der Waals surface area (Å²) in [5, 5.41) is 8.34. The lowest BCUT2D eigenvalue weighted by molar-refractivity contribution is 0.551. The van der Waals surface area contributed by atoms with Crippen LogP contribution in [0.5, 0.6) is 0 Å². The molecule has 6 heteroatoms. The van der Waals surface area contributed by atoms with Gasteiger partial charge in [-0.05, 0) is 30.2 Å². The van der Waals surface area contributed by atoms with E-state index in [4.69, 9.17) is 5.14 Å². The smallest absolute Gasteiger partial charge is 0.238 e. The summed E-state index contributed by atoms with van der Waals surface area (Å²) in [4.78, 5) is 0.122. The van der Waals surface area contributed by atoms with Gasteiger partial charge in [0.2, 0.25) is 10.0 Å². The third-order valence-corrected chi connectivity index (χ3v) is 3.87. The molecule has 0 radical (unpaired) electrons. The van der Waals surface area contributed by atoms with Crippen LogP contribution in [0, 0.1) is 5.92 Å². The normalized spacial score (nSPS) is 12.1. The number of halogens is 1. The number of rotatable bonds is 5. The van der Waals surface area contributed by atoms with Gasteiger partial charge in [0.15, 0.2) is 0 Å².